The fraction of sp³-hybridized carbons (Fsp3) is 0.353. The molecule has 23 heavy (non-hydrogen) atoms. The van der Waals surface area contributed by atoms with Crippen molar-refractivity contribution in [1.29, 1.82) is 0 Å². The van der Waals surface area contributed by atoms with E-state index in [1.807, 2.05) is 0 Å². The number of nitrogens with zero attached hydrogens (tertiary/aromatic N) is 2. The third-order valence-corrected chi connectivity index (χ3v) is 3.98. The van der Waals surface area contributed by atoms with E-state index in [-0.39, 0.29) is 18.0 Å². The fourth-order valence-electron chi connectivity index (χ4n) is 2.80. The summed E-state index contributed by atoms with van der Waals surface area (Å²) in [4.78, 5) is 28.9. The monoisotopic (exact) mass is 313 g/mol. The van der Waals surface area contributed by atoms with Gasteiger partial charge in [0.2, 0.25) is 5.91 Å². The van der Waals surface area contributed by atoms with Crippen molar-refractivity contribution in [3.8, 4) is 5.75 Å². The summed E-state index contributed by atoms with van der Waals surface area (Å²) in [7, 11) is 1.57. The van der Waals surface area contributed by atoms with Gasteiger partial charge in [0.05, 0.1) is 19.1 Å². The number of hydrogen-bond acceptors (Lipinski definition) is 4. The maximum Gasteiger partial charge on any atom is 0.257 e. The second-order valence-corrected chi connectivity index (χ2v) is 5.59. The number of carbonyl (C=O) groups excluding carboxylic acids is 1. The first-order valence-corrected chi connectivity index (χ1v) is 7.68. The van der Waals surface area contributed by atoms with Crippen LogP contribution in [0, 0.1) is 0 Å². The zero-order valence-corrected chi connectivity index (χ0v) is 13.0. The highest BCUT2D eigenvalue weighted by atomic mass is 16.5. The molecule has 0 fully saturated rings. The van der Waals surface area contributed by atoms with Crippen molar-refractivity contribution in [3.05, 3.63) is 52.2 Å². The van der Waals surface area contributed by atoms with Crippen LogP contribution in [0.4, 0.5) is 5.69 Å². The number of amides is 1. The largest absolute Gasteiger partial charge is 0.497 e. The van der Waals surface area contributed by atoms with Gasteiger partial charge in [0.15, 0.2) is 0 Å². The smallest absolute Gasteiger partial charge is 0.257 e. The highest BCUT2D eigenvalue weighted by Crippen LogP contribution is 2.17. The molecule has 6 heteroatoms. The number of hydrogen-bond donors (Lipinski definition) is 1. The first kappa shape index (κ1) is 15.3. The van der Waals surface area contributed by atoms with Crippen molar-refractivity contribution >= 4 is 11.6 Å². The Hall–Kier alpha value is -2.63. The number of benzene rings is 1. The number of nitrogens with one attached hydrogen (secondary N) is 1. The fourth-order valence-corrected chi connectivity index (χ4v) is 2.80. The van der Waals surface area contributed by atoms with Gasteiger partial charge in [0, 0.05) is 17.3 Å². The van der Waals surface area contributed by atoms with E-state index in [0.717, 1.165) is 36.9 Å². The van der Waals surface area contributed by atoms with Gasteiger partial charge in [-0.15, -0.1) is 0 Å². The van der Waals surface area contributed by atoms with Crippen molar-refractivity contribution < 1.29 is 9.53 Å². The van der Waals surface area contributed by atoms with Gasteiger partial charge >= 0.3 is 0 Å². The molecule has 0 aliphatic heterocycles. The Kier molecular flexibility index (Phi) is 4.41. The molecular weight excluding hydrogens is 294 g/mol. The lowest BCUT2D eigenvalue weighted by Crippen LogP contribution is -2.32. The van der Waals surface area contributed by atoms with Gasteiger partial charge in [-0.25, -0.2) is 4.98 Å². The second kappa shape index (κ2) is 6.64. The van der Waals surface area contributed by atoms with Crippen LogP contribution in [0.25, 0.3) is 0 Å². The number of methoxy groups -OCH3 is 1. The molecule has 1 aromatic carbocycles. The minimum absolute atomic E-state index is 0.0453. The van der Waals surface area contributed by atoms with Crippen LogP contribution in [0.5, 0.6) is 5.75 Å². The van der Waals surface area contributed by atoms with Gasteiger partial charge in [-0.1, -0.05) is 6.07 Å². The Morgan fingerprint density at radius 3 is 3.00 bits per heavy atom. The molecule has 0 unspecified atom stereocenters. The van der Waals surface area contributed by atoms with Crippen LogP contribution in [0.15, 0.2) is 35.4 Å². The summed E-state index contributed by atoms with van der Waals surface area (Å²) < 4.78 is 6.49. The molecule has 3 rings (SSSR count). The van der Waals surface area contributed by atoms with Crippen molar-refractivity contribution in [2.24, 2.45) is 0 Å². The Labute approximate surface area is 134 Å². The van der Waals surface area contributed by atoms with E-state index < -0.39 is 0 Å². The lowest BCUT2D eigenvalue weighted by Gasteiger charge is -2.15. The summed E-state index contributed by atoms with van der Waals surface area (Å²) in [6.07, 6.45) is 5.14. The predicted molar refractivity (Wildman–Crippen MR) is 86.8 cm³/mol. The minimum Gasteiger partial charge on any atom is -0.497 e. The van der Waals surface area contributed by atoms with Crippen LogP contribution in [-0.2, 0) is 24.2 Å². The van der Waals surface area contributed by atoms with Crippen molar-refractivity contribution in [1.82, 2.24) is 9.55 Å². The van der Waals surface area contributed by atoms with Crippen molar-refractivity contribution in [3.63, 3.8) is 0 Å². The molecule has 0 atom stereocenters. The third kappa shape index (κ3) is 3.41. The zero-order chi connectivity index (χ0) is 16.2. The molecule has 120 valence electrons. The van der Waals surface area contributed by atoms with Gasteiger partial charge < -0.3 is 10.1 Å². The summed E-state index contributed by atoms with van der Waals surface area (Å²) >= 11 is 0. The van der Waals surface area contributed by atoms with E-state index in [2.05, 4.69) is 10.3 Å². The SMILES string of the molecule is COc1cccc(NC(=O)Cn2cnc3c(c2=O)CCCC3)c1. The summed E-state index contributed by atoms with van der Waals surface area (Å²) in [6, 6.07) is 7.09. The van der Waals surface area contributed by atoms with E-state index in [1.54, 1.807) is 31.4 Å². The van der Waals surface area contributed by atoms with Gasteiger partial charge in [-0.05, 0) is 37.8 Å². The number of ether oxygens (including phenoxy) is 1. The molecule has 1 aliphatic carbocycles. The average molecular weight is 313 g/mol. The van der Waals surface area contributed by atoms with E-state index >= 15 is 0 Å². The number of fused-ring (bicyclic) bond motifs is 1. The summed E-state index contributed by atoms with van der Waals surface area (Å²) in [5.74, 6) is 0.397. The molecule has 0 spiro atoms. The topological polar surface area (TPSA) is 73.2 Å². The lowest BCUT2D eigenvalue weighted by molar-refractivity contribution is -0.116. The molecular formula is C17H19N3O3. The lowest BCUT2D eigenvalue weighted by atomic mass is 9.97. The molecule has 0 bridgehead atoms. The van der Waals surface area contributed by atoms with Crippen LogP contribution < -0.4 is 15.6 Å². The van der Waals surface area contributed by atoms with Crippen LogP contribution in [0.3, 0.4) is 0 Å². The van der Waals surface area contributed by atoms with Crippen molar-refractivity contribution in [2.45, 2.75) is 32.2 Å². The molecule has 1 heterocycles. The first-order chi connectivity index (χ1) is 11.2. The van der Waals surface area contributed by atoms with E-state index in [9.17, 15) is 9.59 Å². The molecule has 2 aromatic rings. The van der Waals surface area contributed by atoms with Crippen LogP contribution in [0.1, 0.15) is 24.1 Å². The maximum absolute atomic E-state index is 12.4. The van der Waals surface area contributed by atoms with Crippen LogP contribution in [0.2, 0.25) is 0 Å². The normalized spacial score (nSPS) is 13.3. The first-order valence-electron chi connectivity index (χ1n) is 7.68. The van der Waals surface area contributed by atoms with Gasteiger partial charge in [-0.3, -0.25) is 14.2 Å². The number of aromatic nitrogens is 2. The highest BCUT2D eigenvalue weighted by Gasteiger charge is 2.16. The summed E-state index contributed by atoms with van der Waals surface area (Å²) in [5, 5.41) is 2.77. The third-order valence-electron chi connectivity index (χ3n) is 3.98. The quantitative estimate of drug-likeness (QED) is 0.933. The van der Waals surface area contributed by atoms with Gasteiger partial charge in [-0.2, -0.15) is 0 Å². The summed E-state index contributed by atoms with van der Waals surface area (Å²) in [5.41, 5.74) is 2.17. The average Bonchev–Trinajstić information content (AvgIpc) is 2.58. The number of aryl methyl sites for hydroxylation is 1. The van der Waals surface area contributed by atoms with E-state index in [4.69, 9.17) is 4.74 Å². The molecule has 0 radical (unpaired) electrons. The molecule has 1 aliphatic rings. The number of anilines is 1. The molecule has 1 N–H and O–H groups in total. The van der Waals surface area contributed by atoms with Crippen LogP contribution >= 0.6 is 0 Å². The van der Waals surface area contributed by atoms with Gasteiger partial charge in [0.1, 0.15) is 12.3 Å². The Morgan fingerprint density at radius 2 is 2.17 bits per heavy atom. The van der Waals surface area contributed by atoms with E-state index in [1.165, 1.54) is 10.9 Å². The zero-order valence-electron chi connectivity index (χ0n) is 13.0. The number of carbonyl (C=O) groups is 1. The molecule has 0 saturated heterocycles. The van der Waals surface area contributed by atoms with Gasteiger partial charge in [0.25, 0.3) is 5.56 Å². The Balaban J connectivity index is 1.74. The molecule has 1 aromatic heterocycles. The van der Waals surface area contributed by atoms with Crippen molar-refractivity contribution in [2.75, 3.05) is 12.4 Å². The van der Waals surface area contributed by atoms with Crippen LogP contribution in [-0.4, -0.2) is 22.6 Å². The highest BCUT2D eigenvalue weighted by molar-refractivity contribution is 5.90. The Morgan fingerprint density at radius 1 is 1.35 bits per heavy atom. The Bertz CT molecular complexity index is 783. The summed E-state index contributed by atoms with van der Waals surface area (Å²) in [6.45, 7) is -0.0453. The predicted octanol–water partition coefficient (Wildman–Crippen LogP) is 1.77. The number of rotatable bonds is 4. The molecule has 1 amide bonds. The second-order valence-electron chi connectivity index (χ2n) is 5.59. The minimum atomic E-state index is -0.266. The molecule has 6 nitrogen and oxygen atoms in total. The van der Waals surface area contributed by atoms with E-state index in [0.29, 0.717) is 11.4 Å². The maximum atomic E-state index is 12.4. The molecule has 0 saturated carbocycles. The standard InChI is InChI=1S/C17H19N3O3/c1-23-13-6-4-5-12(9-13)19-16(21)10-20-11-18-15-8-3-2-7-14(15)17(20)22/h4-6,9,11H,2-3,7-8,10H2,1H3,(H,19,21).